The molecule has 3 N–H and O–H groups in total. The maximum absolute atomic E-state index is 11.9. The standard InChI is InChI=1S/C16H21ClN2O2/c1-21-16(20)13-6-12(18)7-14(17)15(13)19-8-11-5-9-2-3-10(11)4-9/h6-7,9-11,19H,2-5,8,18H2,1H3. The van der Waals surface area contributed by atoms with Gasteiger partial charge in [-0.1, -0.05) is 18.0 Å². The summed E-state index contributed by atoms with van der Waals surface area (Å²) in [4.78, 5) is 11.9. The van der Waals surface area contributed by atoms with E-state index < -0.39 is 5.97 Å². The third-order valence-corrected chi connectivity index (χ3v) is 5.24. The van der Waals surface area contributed by atoms with Crippen LogP contribution < -0.4 is 11.1 Å². The molecule has 0 heterocycles. The largest absolute Gasteiger partial charge is 0.465 e. The van der Waals surface area contributed by atoms with Crippen LogP contribution in [-0.2, 0) is 4.74 Å². The van der Waals surface area contributed by atoms with Gasteiger partial charge in [0.05, 0.1) is 23.4 Å². The van der Waals surface area contributed by atoms with Gasteiger partial charge in [-0.05, 0) is 49.1 Å². The Morgan fingerprint density at radius 3 is 2.86 bits per heavy atom. The summed E-state index contributed by atoms with van der Waals surface area (Å²) < 4.78 is 4.81. The van der Waals surface area contributed by atoms with Gasteiger partial charge < -0.3 is 15.8 Å². The summed E-state index contributed by atoms with van der Waals surface area (Å²) in [6.45, 7) is 0.856. The molecule has 2 aliphatic rings. The van der Waals surface area contributed by atoms with Crippen LogP contribution in [0.2, 0.25) is 5.02 Å². The first kappa shape index (κ1) is 14.5. The van der Waals surface area contributed by atoms with E-state index in [1.165, 1.54) is 32.8 Å². The molecule has 0 saturated heterocycles. The van der Waals surface area contributed by atoms with Crippen molar-refractivity contribution in [3.63, 3.8) is 0 Å². The molecule has 1 aromatic carbocycles. The van der Waals surface area contributed by atoms with E-state index in [4.69, 9.17) is 22.1 Å². The van der Waals surface area contributed by atoms with E-state index in [0.717, 1.165) is 18.4 Å². The predicted octanol–water partition coefficient (Wildman–Crippen LogP) is 3.56. The molecule has 1 aromatic rings. The lowest BCUT2D eigenvalue weighted by Gasteiger charge is -2.23. The average molecular weight is 309 g/mol. The number of rotatable bonds is 4. The summed E-state index contributed by atoms with van der Waals surface area (Å²) in [6, 6.07) is 3.28. The third kappa shape index (κ3) is 2.82. The first-order valence-electron chi connectivity index (χ1n) is 7.49. The van der Waals surface area contributed by atoms with Gasteiger partial charge in [0.1, 0.15) is 0 Å². The van der Waals surface area contributed by atoms with Gasteiger partial charge in [0.15, 0.2) is 0 Å². The fourth-order valence-corrected chi connectivity index (χ4v) is 4.23. The highest BCUT2D eigenvalue weighted by Crippen LogP contribution is 2.48. The number of nitrogen functional groups attached to an aromatic ring is 1. The maximum Gasteiger partial charge on any atom is 0.340 e. The Bertz CT molecular complexity index is 561. The van der Waals surface area contributed by atoms with Gasteiger partial charge in [0.25, 0.3) is 0 Å². The van der Waals surface area contributed by atoms with Crippen LogP contribution >= 0.6 is 11.6 Å². The Hall–Kier alpha value is -1.42. The van der Waals surface area contributed by atoms with Crippen LogP contribution in [0.1, 0.15) is 36.0 Å². The topological polar surface area (TPSA) is 64.3 Å². The zero-order chi connectivity index (χ0) is 15.0. The molecule has 2 bridgehead atoms. The summed E-state index contributed by atoms with van der Waals surface area (Å²) >= 11 is 6.25. The van der Waals surface area contributed by atoms with Crippen molar-refractivity contribution < 1.29 is 9.53 Å². The van der Waals surface area contributed by atoms with Crippen molar-refractivity contribution in [1.29, 1.82) is 0 Å². The number of benzene rings is 1. The zero-order valence-electron chi connectivity index (χ0n) is 12.2. The van der Waals surface area contributed by atoms with Crippen molar-refractivity contribution in [2.75, 3.05) is 24.7 Å². The second-order valence-corrected chi connectivity index (χ2v) is 6.64. The van der Waals surface area contributed by atoms with Crippen molar-refractivity contribution in [3.8, 4) is 0 Å². The molecule has 0 aliphatic heterocycles. The molecular formula is C16H21ClN2O2. The van der Waals surface area contributed by atoms with Crippen LogP contribution in [0.15, 0.2) is 12.1 Å². The van der Waals surface area contributed by atoms with Gasteiger partial charge in [0.2, 0.25) is 0 Å². The normalized spacial score (nSPS) is 26.9. The number of nitrogens with two attached hydrogens (primary N) is 1. The number of hydrogen-bond acceptors (Lipinski definition) is 4. The van der Waals surface area contributed by atoms with E-state index in [1.54, 1.807) is 12.1 Å². The van der Waals surface area contributed by atoms with Crippen LogP contribution in [0.3, 0.4) is 0 Å². The quantitative estimate of drug-likeness (QED) is 0.659. The number of ether oxygens (including phenoxy) is 1. The zero-order valence-corrected chi connectivity index (χ0v) is 13.0. The van der Waals surface area contributed by atoms with Crippen LogP contribution in [0.25, 0.3) is 0 Å². The SMILES string of the molecule is COC(=O)c1cc(N)cc(Cl)c1NCC1CC2CCC1C2. The van der Waals surface area contributed by atoms with Gasteiger partial charge in [-0.25, -0.2) is 4.79 Å². The van der Waals surface area contributed by atoms with Gasteiger partial charge in [-0.15, -0.1) is 0 Å². The molecule has 5 heteroatoms. The molecule has 0 amide bonds. The Balaban J connectivity index is 1.76. The highest BCUT2D eigenvalue weighted by atomic mass is 35.5. The first-order valence-corrected chi connectivity index (χ1v) is 7.87. The van der Waals surface area contributed by atoms with Crippen LogP contribution in [0, 0.1) is 17.8 Å². The molecule has 2 aliphatic carbocycles. The Morgan fingerprint density at radius 1 is 1.43 bits per heavy atom. The molecule has 2 fully saturated rings. The van der Waals surface area contributed by atoms with Crippen LogP contribution in [0.5, 0.6) is 0 Å². The average Bonchev–Trinajstić information content (AvgIpc) is 3.07. The molecule has 4 nitrogen and oxygen atoms in total. The number of esters is 1. The smallest absolute Gasteiger partial charge is 0.340 e. The second kappa shape index (κ2) is 5.76. The minimum Gasteiger partial charge on any atom is -0.465 e. The lowest BCUT2D eigenvalue weighted by atomic mass is 9.89. The Kier molecular flexibility index (Phi) is 3.98. The van der Waals surface area contributed by atoms with Gasteiger partial charge in [0, 0.05) is 12.2 Å². The highest BCUT2D eigenvalue weighted by Gasteiger charge is 2.39. The number of nitrogens with one attached hydrogen (secondary N) is 1. The number of anilines is 2. The Morgan fingerprint density at radius 2 is 2.24 bits per heavy atom. The van der Waals surface area contributed by atoms with Crippen molar-refractivity contribution in [2.45, 2.75) is 25.7 Å². The van der Waals surface area contributed by atoms with Crippen molar-refractivity contribution >= 4 is 28.9 Å². The van der Waals surface area contributed by atoms with Gasteiger partial charge >= 0.3 is 5.97 Å². The van der Waals surface area contributed by atoms with E-state index in [-0.39, 0.29) is 0 Å². The lowest BCUT2D eigenvalue weighted by molar-refractivity contribution is 0.0602. The van der Waals surface area contributed by atoms with E-state index in [0.29, 0.717) is 27.9 Å². The molecule has 0 aromatic heterocycles. The molecule has 21 heavy (non-hydrogen) atoms. The number of hydrogen-bond donors (Lipinski definition) is 2. The number of halogens is 1. The Labute approximate surface area is 130 Å². The van der Waals surface area contributed by atoms with E-state index in [9.17, 15) is 4.79 Å². The van der Waals surface area contributed by atoms with Crippen LogP contribution in [0.4, 0.5) is 11.4 Å². The number of carbonyl (C=O) groups excluding carboxylic acids is 1. The molecular weight excluding hydrogens is 288 g/mol. The molecule has 0 radical (unpaired) electrons. The fraction of sp³-hybridized carbons (Fsp3) is 0.562. The first-order chi connectivity index (χ1) is 10.1. The highest BCUT2D eigenvalue weighted by molar-refractivity contribution is 6.34. The summed E-state index contributed by atoms with van der Waals surface area (Å²) in [7, 11) is 1.36. The molecule has 2 saturated carbocycles. The van der Waals surface area contributed by atoms with Crippen molar-refractivity contribution in [2.24, 2.45) is 17.8 Å². The van der Waals surface area contributed by atoms with Crippen molar-refractivity contribution in [3.05, 3.63) is 22.7 Å². The second-order valence-electron chi connectivity index (χ2n) is 6.23. The molecule has 3 rings (SSSR count). The van der Waals surface area contributed by atoms with Gasteiger partial charge in [-0.3, -0.25) is 0 Å². The monoisotopic (exact) mass is 308 g/mol. The summed E-state index contributed by atoms with van der Waals surface area (Å²) in [5, 5.41) is 3.83. The number of carbonyl (C=O) groups is 1. The summed E-state index contributed by atoms with van der Waals surface area (Å²) in [5.74, 6) is 2.00. The van der Waals surface area contributed by atoms with Gasteiger partial charge in [-0.2, -0.15) is 0 Å². The van der Waals surface area contributed by atoms with Crippen molar-refractivity contribution in [1.82, 2.24) is 0 Å². The number of methoxy groups -OCH3 is 1. The maximum atomic E-state index is 11.9. The number of fused-ring (bicyclic) bond motifs is 2. The minimum atomic E-state index is -0.417. The van der Waals surface area contributed by atoms with E-state index >= 15 is 0 Å². The van der Waals surface area contributed by atoms with E-state index in [2.05, 4.69) is 5.32 Å². The lowest BCUT2D eigenvalue weighted by Crippen LogP contribution is -2.21. The van der Waals surface area contributed by atoms with Crippen LogP contribution in [-0.4, -0.2) is 19.6 Å². The predicted molar refractivity (Wildman–Crippen MR) is 84.6 cm³/mol. The molecule has 3 unspecified atom stereocenters. The third-order valence-electron chi connectivity index (χ3n) is 4.94. The molecule has 3 atom stereocenters. The van der Waals surface area contributed by atoms with E-state index in [1.807, 2.05) is 0 Å². The molecule has 114 valence electrons. The minimum absolute atomic E-state index is 0.408. The fourth-order valence-electron chi connectivity index (χ4n) is 3.94. The molecule has 0 spiro atoms. The summed E-state index contributed by atoms with van der Waals surface area (Å²) in [5.41, 5.74) is 7.28. The summed E-state index contributed by atoms with van der Waals surface area (Å²) in [6.07, 6.45) is 5.39.